The van der Waals surface area contributed by atoms with Gasteiger partial charge in [-0.05, 0) is 38.5 Å². The van der Waals surface area contributed by atoms with Gasteiger partial charge in [0.2, 0.25) is 11.8 Å². The summed E-state index contributed by atoms with van der Waals surface area (Å²) in [4.78, 5) is 25.2. The summed E-state index contributed by atoms with van der Waals surface area (Å²) in [5.41, 5.74) is -0.548. The first-order valence-electron chi connectivity index (χ1n) is 8.36. The van der Waals surface area contributed by atoms with Gasteiger partial charge in [-0.3, -0.25) is 9.59 Å². The van der Waals surface area contributed by atoms with Crippen LogP contribution in [0, 0.1) is 0 Å². The third kappa shape index (κ3) is 5.30. The molecule has 0 aromatic heterocycles. The Balaban J connectivity index is 1.54. The van der Waals surface area contributed by atoms with Gasteiger partial charge in [0.1, 0.15) is 0 Å². The Morgan fingerprint density at radius 1 is 1.24 bits per heavy atom. The summed E-state index contributed by atoms with van der Waals surface area (Å²) in [6, 6.07) is 0. The largest absolute Gasteiger partial charge is 0.390 e. The first kappa shape index (κ1) is 16.3. The van der Waals surface area contributed by atoms with Crippen LogP contribution in [0.15, 0.2) is 0 Å². The number of rotatable bonds is 7. The van der Waals surface area contributed by atoms with Crippen molar-refractivity contribution in [2.45, 2.75) is 69.8 Å². The van der Waals surface area contributed by atoms with E-state index in [-0.39, 0.29) is 11.8 Å². The van der Waals surface area contributed by atoms with Crippen molar-refractivity contribution in [2.75, 3.05) is 19.6 Å². The predicted molar refractivity (Wildman–Crippen MR) is 80.7 cm³/mol. The zero-order chi connectivity index (χ0) is 15.1. The number of nitrogens with zero attached hydrogens (tertiary/aromatic N) is 1. The quantitative estimate of drug-likeness (QED) is 0.749. The van der Waals surface area contributed by atoms with Gasteiger partial charge in [0.25, 0.3) is 0 Å². The molecule has 0 unspecified atom stereocenters. The summed E-state index contributed by atoms with van der Waals surface area (Å²) in [5, 5.41) is 13.1. The molecule has 2 amide bonds. The maximum atomic E-state index is 11.7. The van der Waals surface area contributed by atoms with Gasteiger partial charge >= 0.3 is 0 Å². The van der Waals surface area contributed by atoms with Gasteiger partial charge in [-0.1, -0.05) is 12.8 Å². The Kier molecular flexibility index (Phi) is 6.03. The lowest BCUT2D eigenvalue weighted by Crippen LogP contribution is -2.37. The van der Waals surface area contributed by atoms with E-state index in [1.165, 1.54) is 0 Å². The van der Waals surface area contributed by atoms with Gasteiger partial charge in [-0.25, -0.2) is 0 Å². The minimum atomic E-state index is -0.548. The summed E-state index contributed by atoms with van der Waals surface area (Å²) in [6.45, 7) is 2.08. The van der Waals surface area contributed by atoms with Crippen LogP contribution < -0.4 is 5.32 Å². The molecule has 0 bridgehead atoms. The Hall–Kier alpha value is -1.10. The third-order valence-corrected chi connectivity index (χ3v) is 4.70. The molecule has 1 heterocycles. The number of piperidine rings is 1. The van der Waals surface area contributed by atoms with Crippen molar-refractivity contribution in [3.8, 4) is 0 Å². The molecular formula is C16H28N2O3. The number of likely N-dealkylation sites (tertiary alicyclic amines) is 1. The van der Waals surface area contributed by atoms with E-state index in [9.17, 15) is 14.7 Å². The van der Waals surface area contributed by atoms with Gasteiger partial charge in [0.05, 0.1) is 5.60 Å². The molecule has 2 aliphatic rings. The molecular weight excluding hydrogens is 268 g/mol. The highest BCUT2D eigenvalue weighted by Crippen LogP contribution is 2.31. The fourth-order valence-corrected chi connectivity index (χ4v) is 3.33. The average Bonchev–Trinajstić information content (AvgIpc) is 2.88. The molecule has 21 heavy (non-hydrogen) atoms. The topological polar surface area (TPSA) is 69.6 Å². The molecule has 0 radical (unpaired) electrons. The number of carbonyl (C=O) groups is 2. The monoisotopic (exact) mass is 296 g/mol. The Morgan fingerprint density at radius 2 is 2.00 bits per heavy atom. The average molecular weight is 296 g/mol. The summed E-state index contributed by atoms with van der Waals surface area (Å²) in [5.74, 6) is 0.256. The Labute approximate surface area is 127 Å². The number of carbonyl (C=O) groups excluding carboxylic acids is 2. The Bertz CT molecular complexity index is 365. The van der Waals surface area contributed by atoms with Gasteiger partial charge in [0, 0.05) is 32.5 Å². The minimum absolute atomic E-state index is 0.0288. The lowest BCUT2D eigenvalue weighted by atomic mass is 9.98. The van der Waals surface area contributed by atoms with Crippen molar-refractivity contribution in [3.05, 3.63) is 0 Å². The standard InChI is InChI=1S/C16H28N2O3/c19-14(17-11-10-16(21)8-2-3-9-16)6-5-13-18-12-4-1-7-15(18)20/h21H,1-13H2,(H,17,19). The molecule has 0 aromatic carbocycles. The highest BCUT2D eigenvalue weighted by molar-refractivity contribution is 5.77. The number of amides is 2. The molecule has 2 fully saturated rings. The molecule has 1 aliphatic heterocycles. The van der Waals surface area contributed by atoms with Crippen LogP contribution in [0.1, 0.15) is 64.2 Å². The van der Waals surface area contributed by atoms with Crippen LogP contribution in [0.3, 0.4) is 0 Å². The molecule has 0 aromatic rings. The molecule has 1 aliphatic carbocycles. The van der Waals surface area contributed by atoms with E-state index in [0.29, 0.717) is 32.4 Å². The predicted octanol–water partition coefficient (Wildman–Crippen LogP) is 1.59. The number of hydrogen-bond acceptors (Lipinski definition) is 3. The lowest BCUT2D eigenvalue weighted by molar-refractivity contribution is -0.133. The molecule has 5 heteroatoms. The lowest BCUT2D eigenvalue weighted by Gasteiger charge is -2.26. The zero-order valence-corrected chi connectivity index (χ0v) is 12.9. The van der Waals surface area contributed by atoms with Crippen molar-refractivity contribution in [1.29, 1.82) is 0 Å². The molecule has 0 atom stereocenters. The second-order valence-electron chi connectivity index (χ2n) is 6.47. The molecule has 2 rings (SSSR count). The number of hydrogen-bond donors (Lipinski definition) is 2. The van der Waals surface area contributed by atoms with Crippen molar-refractivity contribution < 1.29 is 14.7 Å². The molecule has 1 saturated heterocycles. The van der Waals surface area contributed by atoms with Crippen molar-refractivity contribution in [2.24, 2.45) is 0 Å². The molecule has 5 nitrogen and oxygen atoms in total. The van der Waals surface area contributed by atoms with Crippen LogP contribution in [-0.2, 0) is 9.59 Å². The summed E-state index contributed by atoms with van der Waals surface area (Å²) in [7, 11) is 0. The fraction of sp³-hybridized carbons (Fsp3) is 0.875. The van der Waals surface area contributed by atoms with Gasteiger partial charge in [0.15, 0.2) is 0 Å². The second kappa shape index (κ2) is 7.78. The van der Waals surface area contributed by atoms with Crippen LogP contribution in [0.4, 0.5) is 0 Å². The van der Waals surface area contributed by atoms with E-state index in [0.717, 1.165) is 51.5 Å². The van der Waals surface area contributed by atoms with E-state index in [1.807, 2.05) is 4.90 Å². The van der Waals surface area contributed by atoms with Crippen LogP contribution >= 0.6 is 0 Å². The van der Waals surface area contributed by atoms with Crippen molar-refractivity contribution >= 4 is 11.8 Å². The first-order valence-corrected chi connectivity index (χ1v) is 8.36. The van der Waals surface area contributed by atoms with Gasteiger partial charge in [-0.2, -0.15) is 0 Å². The van der Waals surface area contributed by atoms with E-state index in [1.54, 1.807) is 0 Å². The first-order chi connectivity index (χ1) is 10.1. The summed E-state index contributed by atoms with van der Waals surface area (Å²) in [6.07, 6.45) is 8.48. The van der Waals surface area contributed by atoms with Gasteiger partial charge in [-0.15, -0.1) is 0 Å². The third-order valence-electron chi connectivity index (χ3n) is 4.70. The maximum absolute atomic E-state index is 11.7. The highest BCUT2D eigenvalue weighted by atomic mass is 16.3. The normalized spacial score (nSPS) is 21.6. The maximum Gasteiger partial charge on any atom is 0.222 e. The summed E-state index contributed by atoms with van der Waals surface area (Å²) >= 11 is 0. The SMILES string of the molecule is O=C(CCCN1CCCCC1=O)NCCC1(O)CCCC1. The fourth-order valence-electron chi connectivity index (χ4n) is 3.33. The van der Waals surface area contributed by atoms with Gasteiger partial charge < -0.3 is 15.3 Å². The number of aliphatic hydroxyl groups is 1. The number of nitrogens with one attached hydrogen (secondary N) is 1. The van der Waals surface area contributed by atoms with Crippen LogP contribution in [-0.4, -0.2) is 47.1 Å². The van der Waals surface area contributed by atoms with Crippen LogP contribution in [0.25, 0.3) is 0 Å². The Morgan fingerprint density at radius 3 is 2.71 bits per heavy atom. The van der Waals surface area contributed by atoms with Crippen molar-refractivity contribution in [1.82, 2.24) is 10.2 Å². The van der Waals surface area contributed by atoms with Crippen molar-refractivity contribution in [3.63, 3.8) is 0 Å². The van der Waals surface area contributed by atoms with Crippen LogP contribution in [0.5, 0.6) is 0 Å². The van der Waals surface area contributed by atoms with E-state index in [2.05, 4.69) is 5.32 Å². The van der Waals surface area contributed by atoms with E-state index < -0.39 is 5.60 Å². The second-order valence-corrected chi connectivity index (χ2v) is 6.47. The van der Waals surface area contributed by atoms with Crippen LogP contribution in [0.2, 0.25) is 0 Å². The molecule has 120 valence electrons. The smallest absolute Gasteiger partial charge is 0.222 e. The summed E-state index contributed by atoms with van der Waals surface area (Å²) < 4.78 is 0. The van der Waals surface area contributed by atoms with E-state index in [4.69, 9.17) is 0 Å². The minimum Gasteiger partial charge on any atom is -0.390 e. The molecule has 1 saturated carbocycles. The highest BCUT2D eigenvalue weighted by Gasteiger charge is 2.30. The molecule has 2 N–H and O–H groups in total. The van der Waals surface area contributed by atoms with E-state index >= 15 is 0 Å². The zero-order valence-electron chi connectivity index (χ0n) is 12.9. The molecule has 0 spiro atoms.